The number of aromatic nitrogens is 1. The molecule has 0 aliphatic carbocycles. The summed E-state index contributed by atoms with van der Waals surface area (Å²) in [6.07, 6.45) is 1.59. The third-order valence-corrected chi connectivity index (χ3v) is 1.69. The molecule has 0 fully saturated rings. The van der Waals surface area contributed by atoms with E-state index in [4.69, 9.17) is 21.1 Å². The quantitative estimate of drug-likeness (QED) is 0.593. The Morgan fingerprint density at radius 1 is 1.36 bits per heavy atom. The van der Waals surface area contributed by atoms with Crippen molar-refractivity contribution in [3.63, 3.8) is 0 Å². The van der Waals surface area contributed by atoms with Crippen LogP contribution in [0.25, 0.3) is 0 Å². The lowest BCUT2D eigenvalue weighted by atomic mass is 10.4. The van der Waals surface area contributed by atoms with Crippen LogP contribution in [0.3, 0.4) is 0 Å². The lowest BCUT2D eigenvalue weighted by molar-refractivity contribution is 0.164. The molecule has 1 aromatic heterocycles. The highest BCUT2D eigenvalue weighted by molar-refractivity contribution is 6.32. The van der Waals surface area contributed by atoms with Crippen molar-refractivity contribution in [2.75, 3.05) is 13.2 Å². The molecule has 1 aromatic rings. The van der Waals surface area contributed by atoms with E-state index in [2.05, 4.69) is 4.98 Å². The predicted molar refractivity (Wildman–Crippen MR) is 40.2 cm³/mol. The van der Waals surface area contributed by atoms with Crippen LogP contribution in [-0.4, -0.2) is 18.2 Å². The van der Waals surface area contributed by atoms with Crippen LogP contribution >= 0.6 is 11.6 Å². The zero-order valence-electron chi connectivity index (χ0n) is 5.71. The fourth-order valence-electron chi connectivity index (χ4n) is 0.922. The van der Waals surface area contributed by atoms with Crippen molar-refractivity contribution in [3.05, 3.63) is 17.3 Å². The molecular formula is C7H6ClNO2. The molecule has 4 heteroatoms. The Balaban J connectivity index is 2.49. The maximum absolute atomic E-state index is 5.80. The summed E-state index contributed by atoms with van der Waals surface area (Å²) >= 11 is 5.80. The Hall–Kier alpha value is -0.960. The average molecular weight is 172 g/mol. The van der Waals surface area contributed by atoms with Gasteiger partial charge in [-0.25, -0.2) is 4.98 Å². The molecule has 0 atom stereocenters. The Morgan fingerprint density at radius 2 is 2.18 bits per heavy atom. The molecule has 1 aliphatic rings. The zero-order chi connectivity index (χ0) is 7.68. The first-order chi connectivity index (χ1) is 5.38. The first kappa shape index (κ1) is 6.73. The van der Waals surface area contributed by atoms with Crippen molar-refractivity contribution in [1.29, 1.82) is 0 Å². The van der Waals surface area contributed by atoms with Crippen molar-refractivity contribution in [1.82, 2.24) is 4.98 Å². The number of fused-ring (bicyclic) bond motifs is 1. The summed E-state index contributed by atoms with van der Waals surface area (Å²) in [7, 11) is 0. The second-order valence-corrected chi connectivity index (χ2v) is 2.53. The molecule has 2 heterocycles. The molecule has 0 saturated carbocycles. The van der Waals surface area contributed by atoms with E-state index in [0.29, 0.717) is 29.9 Å². The maximum Gasteiger partial charge on any atom is 0.258 e. The minimum absolute atomic E-state index is 0.490. The van der Waals surface area contributed by atoms with E-state index >= 15 is 0 Å². The van der Waals surface area contributed by atoms with Gasteiger partial charge in [-0.05, 0) is 6.07 Å². The highest BCUT2D eigenvalue weighted by Gasteiger charge is 2.15. The Kier molecular flexibility index (Phi) is 1.58. The van der Waals surface area contributed by atoms with E-state index in [1.54, 1.807) is 12.3 Å². The lowest BCUT2D eigenvalue weighted by Gasteiger charge is -2.17. The Morgan fingerprint density at radius 3 is 3.00 bits per heavy atom. The van der Waals surface area contributed by atoms with Crippen LogP contribution in [-0.2, 0) is 0 Å². The standard InChI is InChI=1S/C7H6ClNO2/c8-5-1-2-9-7-6(5)10-3-4-11-7/h1-2H,3-4H2. The van der Waals surface area contributed by atoms with E-state index in [9.17, 15) is 0 Å². The molecule has 58 valence electrons. The third-order valence-electron chi connectivity index (χ3n) is 1.39. The minimum atomic E-state index is 0.490. The Labute approximate surface area is 68.9 Å². The Bertz CT molecular complexity index is 277. The van der Waals surface area contributed by atoms with Gasteiger partial charge in [0.05, 0.1) is 5.02 Å². The van der Waals surface area contributed by atoms with Gasteiger partial charge in [-0.1, -0.05) is 11.6 Å². The summed E-state index contributed by atoms with van der Waals surface area (Å²) in [4.78, 5) is 3.95. The van der Waals surface area contributed by atoms with Crippen LogP contribution in [0.2, 0.25) is 5.02 Å². The topological polar surface area (TPSA) is 31.4 Å². The average Bonchev–Trinajstić information content (AvgIpc) is 2.06. The fourth-order valence-corrected chi connectivity index (χ4v) is 1.11. The van der Waals surface area contributed by atoms with E-state index < -0.39 is 0 Å². The first-order valence-corrected chi connectivity index (χ1v) is 3.66. The molecule has 0 N–H and O–H groups in total. The monoisotopic (exact) mass is 171 g/mol. The number of hydrogen-bond donors (Lipinski definition) is 0. The van der Waals surface area contributed by atoms with Crippen molar-refractivity contribution in [2.45, 2.75) is 0 Å². The fraction of sp³-hybridized carbons (Fsp3) is 0.286. The molecule has 2 rings (SSSR count). The summed E-state index contributed by atoms with van der Waals surface area (Å²) in [5, 5.41) is 0.551. The maximum atomic E-state index is 5.80. The summed E-state index contributed by atoms with van der Waals surface area (Å²) in [6.45, 7) is 1.08. The number of pyridine rings is 1. The lowest BCUT2D eigenvalue weighted by Crippen LogP contribution is -2.16. The summed E-state index contributed by atoms with van der Waals surface area (Å²) in [6, 6.07) is 1.68. The van der Waals surface area contributed by atoms with Crippen LogP contribution in [0.1, 0.15) is 0 Å². The summed E-state index contributed by atoms with van der Waals surface area (Å²) < 4.78 is 10.4. The van der Waals surface area contributed by atoms with Crippen molar-refractivity contribution < 1.29 is 9.47 Å². The van der Waals surface area contributed by atoms with Gasteiger partial charge in [-0.3, -0.25) is 0 Å². The second kappa shape index (κ2) is 2.58. The summed E-state index contributed by atoms with van der Waals surface area (Å²) in [5.74, 6) is 1.05. The number of hydrogen-bond acceptors (Lipinski definition) is 3. The highest BCUT2D eigenvalue weighted by atomic mass is 35.5. The smallest absolute Gasteiger partial charge is 0.258 e. The van der Waals surface area contributed by atoms with Crippen LogP contribution < -0.4 is 9.47 Å². The van der Waals surface area contributed by atoms with Gasteiger partial charge < -0.3 is 9.47 Å². The van der Waals surface area contributed by atoms with Crippen LogP contribution in [0.15, 0.2) is 12.3 Å². The molecule has 11 heavy (non-hydrogen) atoms. The van der Waals surface area contributed by atoms with Gasteiger partial charge in [-0.2, -0.15) is 0 Å². The van der Waals surface area contributed by atoms with Crippen molar-refractivity contribution >= 4 is 11.6 Å². The van der Waals surface area contributed by atoms with Crippen LogP contribution in [0.4, 0.5) is 0 Å². The van der Waals surface area contributed by atoms with Gasteiger partial charge in [0, 0.05) is 6.20 Å². The molecule has 0 bridgehead atoms. The molecule has 0 radical (unpaired) electrons. The van der Waals surface area contributed by atoms with Gasteiger partial charge >= 0.3 is 0 Å². The van der Waals surface area contributed by atoms with Gasteiger partial charge in [0.2, 0.25) is 0 Å². The third kappa shape index (κ3) is 1.12. The largest absolute Gasteiger partial charge is 0.483 e. The van der Waals surface area contributed by atoms with E-state index in [1.165, 1.54) is 0 Å². The molecular weight excluding hydrogens is 166 g/mol. The van der Waals surface area contributed by atoms with Gasteiger partial charge in [0.1, 0.15) is 13.2 Å². The molecule has 1 aliphatic heterocycles. The van der Waals surface area contributed by atoms with Gasteiger partial charge in [-0.15, -0.1) is 0 Å². The first-order valence-electron chi connectivity index (χ1n) is 3.28. The number of nitrogens with zero attached hydrogens (tertiary/aromatic N) is 1. The molecule has 0 unspecified atom stereocenters. The molecule has 0 aromatic carbocycles. The van der Waals surface area contributed by atoms with E-state index in [1.807, 2.05) is 0 Å². The molecule has 0 spiro atoms. The van der Waals surface area contributed by atoms with Crippen LogP contribution in [0, 0.1) is 0 Å². The zero-order valence-corrected chi connectivity index (χ0v) is 6.47. The van der Waals surface area contributed by atoms with Gasteiger partial charge in [0.25, 0.3) is 5.88 Å². The number of rotatable bonds is 0. The molecule has 0 amide bonds. The van der Waals surface area contributed by atoms with Gasteiger partial charge in [0.15, 0.2) is 5.75 Å². The highest BCUT2D eigenvalue weighted by Crippen LogP contribution is 2.34. The van der Waals surface area contributed by atoms with E-state index in [0.717, 1.165) is 0 Å². The van der Waals surface area contributed by atoms with Crippen molar-refractivity contribution in [2.24, 2.45) is 0 Å². The van der Waals surface area contributed by atoms with Crippen LogP contribution in [0.5, 0.6) is 11.6 Å². The SMILES string of the molecule is Clc1ccnc2c1OCCO2. The van der Waals surface area contributed by atoms with Crippen molar-refractivity contribution in [3.8, 4) is 11.6 Å². The summed E-state index contributed by atoms with van der Waals surface area (Å²) in [5.41, 5.74) is 0. The molecule has 0 saturated heterocycles. The normalized spacial score (nSPS) is 14.6. The number of halogens is 1. The minimum Gasteiger partial charge on any atom is -0.483 e. The predicted octanol–water partition coefficient (Wildman–Crippen LogP) is 1.51. The van der Waals surface area contributed by atoms with E-state index in [-0.39, 0.29) is 0 Å². The number of ether oxygens (including phenoxy) is 2. The second-order valence-electron chi connectivity index (χ2n) is 2.12. The molecule has 3 nitrogen and oxygen atoms in total.